The van der Waals surface area contributed by atoms with Crippen LogP contribution in [0.4, 0.5) is 4.79 Å². The summed E-state index contributed by atoms with van der Waals surface area (Å²) in [7, 11) is 6.56. The lowest BCUT2D eigenvalue weighted by Gasteiger charge is -2.09. The van der Waals surface area contributed by atoms with Crippen LogP contribution in [0.3, 0.4) is 0 Å². The molecule has 1 aromatic carbocycles. The second-order valence-electron chi connectivity index (χ2n) is 3.38. The Bertz CT molecular complexity index is 316. The number of amides is 1. The number of rotatable bonds is 1. The van der Waals surface area contributed by atoms with Crippen molar-refractivity contribution in [3.8, 4) is 0 Å². The molecular weight excluding hydrogens is 187 g/mol. The van der Waals surface area contributed by atoms with Gasteiger partial charge in [-0.25, -0.2) is 0 Å². The smallest absolute Gasteiger partial charge is 0.200 e. The highest BCUT2D eigenvalue weighted by atomic mass is 16.1. The van der Waals surface area contributed by atoms with Crippen LogP contribution in [0, 0.1) is 0 Å². The molecule has 0 atom stereocenters. The second-order valence-corrected chi connectivity index (χ2v) is 3.38. The van der Waals surface area contributed by atoms with Crippen molar-refractivity contribution in [1.29, 1.82) is 0 Å². The summed E-state index contributed by atoms with van der Waals surface area (Å²) in [5.41, 5.74) is 7.14. The average molecular weight is 202 g/mol. The lowest BCUT2D eigenvalue weighted by molar-refractivity contribution is 0.256. The predicted molar refractivity (Wildman–Crippen MR) is 62.0 cm³/mol. The maximum absolute atomic E-state index is 10.6. The van der Waals surface area contributed by atoms with Crippen molar-refractivity contribution in [2.45, 2.75) is 18.9 Å². The van der Waals surface area contributed by atoms with E-state index in [0.29, 0.717) is 0 Å². The summed E-state index contributed by atoms with van der Waals surface area (Å²) in [4.78, 5) is 10.6. The zero-order valence-electron chi connectivity index (χ0n) is 8.86. The fourth-order valence-electron chi connectivity index (χ4n) is 1.86. The Morgan fingerprint density at radius 3 is 2.20 bits per heavy atom. The number of hydrogen-bond acceptors (Lipinski definition) is 2. The first kappa shape index (κ1) is 11.8. The zero-order chi connectivity index (χ0) is 11.3. The molecule has 0 saturated carbocycles. The van der Waals surface area contributed by atoms with Gasteiger partial charge in [-0.1, -0.05) is 24.3 Å². The Labute approximate surface area is 91.5 Å². The number of fused-ring (bicyclic) bond motifs is 1. The van der Waals surface area contributed by atoms with Crippen LogP contribution in [0.2, 0.25) is 0 Å². The van der Waals surface area contributed by atoms with E-state index in [0.717, 1.165) is 12.8 Å². The van der Waals surface area contributed by atoms with Crippen LogP contribution < -0.4 is 11.1 Å². The Balaban J connectivity index is 0.000000531. The quantitative estimate of drug-likeness (QED) is 0.655. The minimum absolute atomic E-state index is 0.190. The molecule has 0 unspecified atom stereocenters. The fourth-order valence-corrected chi connectivity index (χ4v) is 1.86. The van der Waals surface area contributed by atoms with Crippen LogP contribution in [0.5, 0.6) is 0 Å². The van der Waals surface area contributed by atoms with Crippen molar-refractivity contribution >= 4 is 13.7 Å². The van der Waals surface area contributed by atoms with E-state index in [1.54, 1.807) is 0 Å². The third kappa shape index (κ3) is 3.10. The SMILES string of the molecule is CN.[B]C(=O)NC1Cc2ccccc2C1. The van der Waals surface area contributed by atoms with Gasteiger partial charge in [-0.2, -0.15) is 0 Å². The molecule has 0 aromatic heterocycles. The molecule has 78 valence electrons. The number of nitrogens with two attached hydrogens (primary N) is 1. The van der Waals surface area contributed by atoms with Crippen LogP contribution in [-0.4, -0.2) is 26.7 Å². The Kier molecular flexibility index (Phi) is 4.37. The van der Waals surface area contributed by atoms with Crippen molar-refractivity contribution < 1.29 is 4.79 Å². The van der Waals surface area contributed by atoms with Gasteiger partial charge in [0.05, 0.1) is 0 Å². The van der Waals surface area contributed by atoms with E-state index in [1.165, 1.54) is 18.2 Å². The Morgan fingerprint density at radius 2 is 1.80 bits per heavy atom. The van der Waals surface area contributed by atoms with E-state index in [4.69, 9.17) is 7.85 Å². The molecule has 0 bridgehead atoms. The highest BCUT2D eigenvalue weighted by Crippen LogP contribution is 2.21. The molecule has 0 spiro atoms. The molecule has 0 aliphatic heterocycles. The number of carbonyl (C=O) groups excluding carboxylic acids is 1. The largest absolute Gasteiger partial charge is 0.363 e. The number of benzene rings is 1. The molecule has 1 amide bonds. The molecule has 1 aromatic rings. The van der Waals surface area contributed by atoms with Crippen molar-refractivity contribution in [2.24, 2.45) is 5.73 Å². The lowest BCUT2D eigenvalue weighted by Crippen LogP contribution is -2.34. The zero-order valence-corrected chi connectivity index (χ0v) is 8.86. The Hall–Kier alpha value is -1.29. The van der Waals surface area contributed by atoms with Crippen LogP contribution >= 0.6 is 0 Å². The maximum Gasteiger partial charge on any atom is 0.200 e. The van der Waals surface area contributed by atoms with Gasteiger partial charge in [0.15, 0.2) is 5.81 Å². The third-order valence-electron chi connectivity index (χ3n) is 2.40. The minimum Gasteiger partial charge on any atom is -0.363 e. The van der Waals surface area contributed by atoms with Crippen molar-refractivity contribution in [1.82, 2.24) is 5.32 Å². The van der Waals surface area contributed by atoms with Gasteiger partial charge in [0, 0.05) is 6.04 Å². The lowest BCUT2D eigenvalue weighted by atomic mass is 10.1. The van der Waals surface area contributed by atoms with Crippen LogP contribution in [0.25, 0.3) is 0 Å². The molecule has 1 aliphatic rings. The molecule has 3 nitrogen and oxygen atoms in total. The van der Waals surface area contributed by atoms with Crippen LogP contribution in [-0.2, 0) is 12.8 Å². The summed E-state index contributed by atoms with van der Waals surface area (Å²) >= 11 is 0. The van der Waals surface area contributed by atoms with Crippen molar-refractivity contribution in [3.63, 3.8) is 0 Å². The van der Waals surface area contributed by atoms with Gasteiger partial charge in [-0.15, -0.1) is 0 Å². The van der Waals surface area contributed by atoms with Gasteiger partial charge in [0.2, 0.25) is 7.85 Å². The molecule has 0 fully saturated rings. The second kappa shape index (κ2) is 5.56. The first-order chi connectivity index (χ1) is 7.25. The van der Waals surface area contributed by atoms with Gasteiger partial charge in [-0.3, -0.25) is 4.79 Å². The maximum atomic E-state index is 10.6. The van der Waals surface area contributed by atoms with Gasteiger partial charge < -0.3 is 11.1 Å². The first-order valence-electron chi connectivity index (χ1n) is 4.96. The van der Waals surface area contributed by atoms with Gasteiger partial charge in [0.1, 0.15) is 0 Å². The molecule has 2 rings (SSSR count). The van der Waals surface area contributed by atoms with Gasteiger partial charge in [0.25, 0.3) is 0 Å². The fraction of sp³-hybridized carbons (Fsp3) is 0.364. The highest BCUT2D eigenvalue weighted by Gasteiger charge is 2.20. The first-order valence-corrected chi connectivity index (χ1v) is 4.96. The molecule has 4 heteroatoms. The monoisotopic (exact) mass is 202 g/mol. The molecule has 0 heterocycles. The standard InChI is InChI=1S/C10H10BNO.CH5N/c11-10(13)12-9-5-7-3-1-2-4-8(7)6-9;1-2/h1-4,9H,5-6H2,(H,12,13);2H2,1H3. The number of hydrogen-bond donors (Lipinski definition) is 2. The third-order valence-corrected chi connectivity index (χ3v) is 2.40. The predicted octanol–water partition coefficient (Wildman–Crippen LogP) is 0.607. The van der Waals surface area contributed by atoms with Gasteiger partial charge in [-0.05, 0) is 31.0 Å². The summed E-state index contributed by atoms with van der Waals surface area (Å²) in [6, 6.07) is 8.42. The molecule has 2 radical (unpaired) electrons. The normalized spacial score (nSPS) is 13.7. The summed E-state index contributed by atoms with van der Waals surface area (Å²) in [5, 5.41) is 2.73. The van der Waals surface area contributed by atoms with Crippen LogP contribution in [0.15, 0.2) is 24.3 Å². The van der Waals surface area contributed by atoms with E-state index >= 15 is 0 Å². The Morgan fingerprint density at radius 1 is 1.33 bits per heavy atom. The average Bonchev–Trinajstić information content (AvgIpc) is 2.61. The van der Waals surface area contributed by atoms with E-state index in [2.05, 4.69) is 23.2 Å². The summed E-state index contributed by atoms with van der Waals surface area (Å²) < 4.78 is 0. The van der Waals surface area contributed by atoms with Crippen LogP contribution in [0.1, 0.15) is 11.1 Å². The van der Waals surface area contributed by atoms with E-state index in [9.17, 15) is 4.79 Å². The summed E-state index contributed by atoms with van der Waals surface area (Å²) in [6.45, 7) is 0. The van der Waals surface area contributed by atoms with E-state index < -0.39 is 5.81 Å². The molecule has 0 saturated heterocycles. The molecular formula is C11H15BN2O. The van der Waals surface area contributed by atoms with Crippen molar-refractivity contribution in [2.75, 3.05) is 7.05 Å². The van der Waals surface area contributed by atoms with Gasteiger partial charge >= 0.3 is 0 Å². The van der Waals surface area contributed by atoms with E-state index in [-0.39, 0.29) is 6.04 Å². The minimum atomic E-state index is -0.433. The summed E-state index contributed by atoms with van der Waals surface area (Å²) in [5.74, 6) is -0.433. The molecule has 15 heavy (non-hydrogen) atoms. The highest BCUT2D eigenvalue weighted by molar-refractivity contribution is 6.57. The molecule has 1 aliphatic carbocycles. The molecule has 3 N–H and O–H groups in total. The number of carbonyl (C=O) groups is 1. The van der Waals surface area contributed by atoms with E-state index in [1.807, 2.05) is 12.1 Å². The van der Waals surface area contributed by atoms with Crippen molar-refractivity contribution in [3.05, 3.63) is 35.4 Å². The topological polar surface area (TPSA) is 55.1 Å². The summed E-state index contributed by atoms with van der Waals surface area (Å²) in [6.07, 6.45) is 1.80. The number of nitrogens with one attached hydrogen (secondary N) is 1.